The molecular weight excluding hydrogens is 224 g/mol. The van der Waals surface area contributed by atoms with Gasteiger partial charge < -0.3 is 5.11 Å². The molecular formula is C16H30O2. The van der Waals surface area contributed by atoms with Crippen LogP contribution in [-0.4, -0.2) is 11.1 Å². The van der Waals surface area contributed by atoms with Crippen LogP contribution in [0.4, 0.5) is 0 Å². The molecule has 0 aliphatic rings. The van der Waals surface area contributed by atoms with E-state index in [4.69, 9.17) is 0 Å². The lowest BCUT2D eigenvalue weighted by Crippen LogP contribution is -2.08. The van der Waals surface area contributed by atoms with Crippen molar-refractivity contribution in [1.29, 1.82) is 0 Å². The van der Waals surface area contributed by atoms with Crippen LogP contribution in [0, 0.1) is 5.92 Å². The normalized spacial score (nSPS) is 14.2. The maximum atomic E-state index is 11.3. The predicted molar refractivity (Wildman–Crippen MR) is 77.8 cm³/mol. The Balaban J connectivity index is 4.82. The van der Waals surface area contributed by atoms with Crippen molar-refractivity contribution in [1.82, 2.24) is 0 Å². The summed E-state index contributed by atoms with van der Waals surface area (Å²) in [4.78, 5) is 11.3. The molecule has 1 unspecified atom stereocenters. The average Bonchev–Trinajstić information content (AvgIpc) is 2.34. The molecule has 0 aliphatic carbocycles. The van der Waals surface area contributed by atoms with Gasteiger partial charge in [0.15, 0.2) is 0 Å². The molecule has 2 heteroatoms. The Morgan fingerprint density at radius 2 is 1.78 bits per heavy atom. The van der Waals surface area contributed by atoms with E-state index in [1.54, 1.807) is 0 Å². The van der Waals surface area contributed by atoms with Crippen LogP contribution >= 0.6 is 0 Å². The quantitative estimate of drug-likeness (QED) is 0.545. The highest BCUT2D eigenvalue weighted by atomic mass is 16.4. The molecule has 0 rings (SSSR count). The first-order valence-electron chi connectivity index (χ1n) is 7.54. The molecule has 18 heavy (non-hydrogen) atoms. The van der Waals surface area contributed by atoms with Crippen molar-refractivity contribution in [2.24, 2.45) is 5.92 Å². The molecule has 0 aliphatic heterocycles. The lowest BCUT2D eigenvalue weighted by molar-refractivity contribution is -0.132. The first-order valence-corrected chi connectivity index (χ1v) is 7.54. The summed E-state index contributed by atoms with van der Waals surface area (Å²) in [5.41, 5.74) is 1.85. The maximum absolute atomic E-state index is 11.3. The number of unbranched alkanes of at least 4 members (excludes halogenated alkanes) is 1. The molecule has 0 aromatic carbocycles. The van der Waals surface area contributed by atoms with Gasteiger partial charge in [-0.2, -0.15) is 0 Å². The minimum atomic E-state index is -0.716. The molecule has 0 aromatic heterocycles. The predicted octanol–water partition coefficient (Wildman–Crippen LogP) is 5.18. The summed E-state index contributed by atoms with van der Waals surface area (Å²) in [5, 5.41) is 9.27. The van der Waals surface area contributed by atoms with Crippen molar-refractivity contribution in [2.45, 2.75) is 79.1 Å². The van der Waals surface area contributed by atoms with Gasteiger partial charge in [-0.05, 0) is 25.2 Å². The molecule has 0 saturated heterocycles. The summed E-state index contributed by atoms with van der Waals surface area (Å²) < 4.78 is 0. The highest BCUT2D eigenvalue weighted by molar-refractivity contribution is 5.87. The molecule has 0 heterocycles. The summed E-state index contributed by atoms with van der Waals surface area (Å²) in [6.07, 6.45) is 8.49. The second kappa shape index (κ2) is 10.2. The van der Waals surface area contributed by atoms with Crippen LogP contribution in [-0.2, 0) is 4.79 Å². The number of aliphatic carboxylic acids is 1. The standard InChI is InChI=1S/C16H30O2/c1-5-9-11-13(7-3)12-14(10-6-2)15(8-4)16(17)18/h13H,5-12H2,1-4H3,(H,17,18). The zero-order chi connectivity index (χ0) is 14.0. The fraction of sp³-hybridized carbons (Fsp3) is 0.812. The first kappa shape index (κ1) is 17.2. The zero-order valence-electron chi connectivity index (χ0n) is 12.6. The second-order valence-electron chi connectivity index (χ2n) is 5.11. The van der Waals surface area contributed by atoms with Gasteiger partial charge in [-0.25, -0.2) is 4.79 Å². The molecule has 0 bridgehead atoms. The number of hydrogen-bond donors (Lipinski definition) is 1. The van der Waals surface area contributed by atoms with Crippen LogP contribution in [0.25, 0.3) is 0 Å². The number of rotatable bonds is 10. The van der Waals surface area contributed by atoms with E-state index in [0.717, 1.165) is 25.7 Å². The molecule has 106 valence electrons. The molecule has 0 saturated carbocycles. The SMILES string of the molecule is CCCCC(CC)CC(CCC)=C(CC)C(=O)O. The Bertz CT molecular complexity index is 266. The summed E-state index contributed by atoms with van der Waals surface area (Å²) in [6.45, 7) is 8.51. The minimum Gasteiger partial charge on any atom is -0.478 e. The summed E-state index contributed by atoms with van der Waals surface area (Å²) in [5.74, 6) is -0.0568. The largest absolute Gasteiger partial charge is 0.478 e. The monoisotopic (exact) mass is 254 g/mol. The number of hydrogen-bond acceptors (Lipinski definition) is 1. The molecule has 0 amide bonds. The molecule has 2 nitrogen and oxygen atoms in total. The molecule has 0 fully saturated rings. The van der Waals surface area contributed by atoms with Crippen LogP contribution < -0.4 is 0 Å². The number of allylic oxidation sites excluding steroid dienone is 1. The van der Waals surface area contributed by atoms with E-state index in [9.17, 15) is 9.90 Å². The van der Waals surface area contributed by atoms with Gasteiger partial charge in [0, 0.05) is 5.57 Å². The molecule has 0 spiro atoms. The highest BCUT2D eigenvalue weighted by Gasteiger charge is 2.15. The third-order valence-corrected chi connectivity index (χ3v) is 3.67. The van der Waals surface area contributed by atoms with E-state index >= 15 is 0 Å². The Kier molecular flexibility index (Phi) is 9.72. The molecule has 0 aromatic rings. The van der Waals surface area contributed by atoms with Gasteiger partial charge >= 0.3 is 5.97 Å². The summed E-state index contributed by atoms with van der Waals surface area (Å²) >= 11 is 0. The van der Waals surface area contributed by atoms with Crippen molar-refractivity contribution in [3.8, 4) is 0 Å². The van der Waals surface area contributed by atoms with Gasteiger partial charge in [-0.15, -0.1) is 0 Å². The molecule has 0 radical (unpaired) electrons. The van der Waals surface area contributed by atoms with Crippen molar-refractivity contribution in [3.63, 3.8) is 0 Å². The van der Waals surface area contributed by atoms with E-state index in [-0.39, 0.29) is 0 Å². The van der Waals surface area contributed by atoms with Crippen LogP contribution in [0.2, 0.25) is 0 Å². The molecule has 1 atom stereocenters. The smallest absolute Gasteiger partial charge is 0.331 e. The van der Waals surface area contributed by atoms with E-state index < -0.39 is 5.97 Å². The lowest BCUT2D eigenvalue weighted by Gasteiger charge is -2.18. The fourth-order valence-corrected chi connectivity index (χ4v) is 2.52. The zero-order valence-corrected chi connectivity index (χ0v) is 12.6. The average molecular weight is 254 g/mol. The number of carbonyl (C=O) groups is 1. The topological polar surface area (TPSA) is 37.3 Å². The Morgan fingerprint density at radius 3 is 2.17 bits per heavy atom. The van der Waals surface area contributed by atoms with Crippen molar-refractivity contribution in [2.75, 3.05) is 0 Å². The van der Waals surface area contributed by atoms with Gasteiger partial charge in [0.05, 0.1) is 0 Å². The van der Waals surface area contributed by atoms with Crippen LogP contribution in [0.15, 0.2) is 11.1 Å². The molecule has 1 N–H and O–H groups in total. The Morgan fingerprint density at radius 1 is 1.11 bits per heavy atom. The van der Waals surface area contributed by atoms with E-state index in [1.807, 2.05) is 6.92 Å². The van der Waals surface area contributed by atoms with Crippen molar-refractivity contribution < 1.29 is 9.90 Å². The van der Waals surface area contributed by atoms with Crippen molar-refractivity contribution in [3.05, 3.63) is 11.1 Å². The third-order valence-electron chi connectivity index (χ3n) is 3.67. The Hall–Kier alpha value is -0.790. The summed E-state index contributed by atoms with van der Waals surface area (Å²) in [7, 11) is 0. The maximum Gasteiger partial charge on any atom is 0.331 e. The number of carboxylic acids is 1. The van der Waals surface area contributed by atoms with E-state index in [0.29, 0.717) is 17.9 Å². The minimum absolute atomic E-state index is 0.648. The fourth-order valence-electron chi connectivity index (χ4n) is 2.52. The lowest BCUT2D eigenvalue weighted by atomic mass is 9.87. The van der Waals surface area contributed by atoms with E-state index in [1.165, 1.54) is 24.8 Å². The first-order chi connectivity index (χ1) is 8.60. The highest BCUT2D eigenvalue weighted by Crippen LogP contribution is 2.27. The van der Waals surface area contributed by atoms with Gasteiger partial charge in [0.25, 0.3) is 0 Å². The van der Waals surface area contributed by atoms with Crippen LogP contribution in [0.1, 0.15) is 79.1 Å². The van der Waals surface area contributed by atoms with E-state index in [2.05, 4.69) is 20.8 Å². The number of carboxylic acid groups (broad SMARTS) is 1. The van der Waals surface area contributed by atoms with Gasteiger partial charge in [-0.1, -0.05) is 65.4 Å². The van der Waals surface area contributed by atoms with Crippen LogP contribution in [0.5, 0.6) is 0 Å². The third kappa shape index (κ3) is 6.23. The van der Waals surface area contributed by atoms with Crippen molar-refractivity contribution >= 4 is 5.97 Å². The Labute approximate surface area is 112 Å². The summed E-state index contributed by atoms with van der Waals surface area (Å²) in [6, 6.07) is 0. The van der Waals surface area contributed by atoms with Gasteiger partial charge in [0.1, 0.15) is 0 Å². The van der Waals surface area contributed by atoms with Crippen LogP contribution in [0.3, 0.4) is 0 Å². The van der Waals surface area contributed by atoms with Gasteiger partial charge in [0.2, 0.25) is 0 Å². The second-order valence-corrected chi connectivity index (χ2v) is 5.11. The van der Waals surface area contributed by atoms with Gasteiger partial charge in [-0.3, -0.25) is 0 Å².